The Labute approximate surface area is 159 Å². The topological polar surface area (TPSA) is 109 Å². The molecule has 2 aliphatic heterocycles. The van der Waals surface area contributed by atoms with Gasteiger partial charge in [-0.2, -0.15) is 0 Å². The molecule has 7 nitrogen and oxygen atoms in total. The zero-order valence-corrected chi connectivity index (χ0v) is 16.5. The lowest BCUT2D eigenvalue weighted by molar-refractivity contribution is 0.341. The number of nitrogens with one attached hydrogen (secondary N) is 1. The Hall–Kier alpha value is -1.16. The van der Waals surface area contributed by atoms with Gasteiger partial charge >= 0.3 is 0 Å². The number of nitrogens with two attached hydrogens (primary N) is 1. The van der Waals surface area contributed by atoms with Crippen molar-refractivity contribution in [2.75, 3.05) is 19.6 Å². The van der Waals surface area contributed by atoms with E-state index in [2.05, 4.69) is 30.8 Å². The van der Waals surface area contributed by atoms with Crippen molar-refractivity contribution in [1.29, 1.82) is 0 Å². The molecule has 1 atom stereocenters. The Balaban J connectivity index is 2.10. The number of rotatable bonds is 2. The molecule has 0 bridgehead atoms. The molecule has 0 radical (unpaired) electrons. The Morgan fingerprint density at radius 1 is 1.28 bits per heavy atom. The highest BCUT2D eigenvalue weighted by atomic mass is 79.9. The van der Waals surface area contributed by atoms with E-state index in [1.165, 1.54) is 24.9 Å². The number of pyridine rings is 1. The van der Waals surface area contributed by atoms with Crippen molar-refractivity contribution in [3.8, 4) is 0 Å². The van der Waals surface area contributed by atoms with Crippen molar-refractivity contribution >= 4 is 43.4 Å². The molecule has 0 saturated carbocycles. The maximum atomic E-state index is 12.4. The summed E-state index contributed by atoms with van der Waals surface area (Å²) in [4.78, 5) is 21.7. The van der Waals surface area contributed by atoms with Gasteiger partial charge in [0.05, 0.1) is 11.0 Å². The Morgan fingerprint density at radius 3 is 2.56 bits per heavy atom. The van der Waals surface area contributed by atoms with Gasteiger partial charge in [-0.15, -0.1) is 0 Å². The molecule has 3 heterocycles. The SMILES string of the molecule is NS(=O)(=O)C1(c2c[nH]cc(Cl)c2=O)C=C(Br)C(N2CCCCC2)=NC1. The van der Waals surface area contributed by atoms with Crippen LogP contribution < -0.4 is 10.6 Å². The van der Waals surface area contributed by atoms with E-state index in [1.807, 2.05) is 0 Å². The number of dihydropyridines is 1. The highest BCUT2D eigenvalue weighted by molar-refractivity contribution is 9.12. The number of piperidine rings is 1. The van der Waals surface area contributed by atoms with Crippen LogP contribution >= 0.6 is 27.5 Å². The Bertz CT molecular complexity index is 906. The number of primary sulfonamides is 1. The second kappa shape index (κ2) is 6.86. The minimum Gasteiger partial charge on any atom is -0.366 e. The fourth-order valence-electron chi connectivity index (χ4n) is 3.20. The molecule has 1 fully saturated rings. The Kier molecular flexibility index (Phi) is 5.11. The van der Waals surface area contributed by atoms with Crippen molar-refractivity contribution in [1.82, 2.24) is 9.88 Å². The zero-order chi connectivity index (χ0) is 18.2. The van der Waals surface area contributed by atoms with Gasteiger partial charge in [-0.3, -0.25) is 9.79 Å². The smallest absolute Gasteiger partial charge is 0.224 e. The summed E-state index contributed by atoms with van der Waals surface area (Å²) in [5, 5.41) is 5.41. The second-order valence-electron chi connectivity index (χ2n) is 6.16. The molecule has 10 heteroatoms. The van der Waals surface area contributed by atoms with Gasteiger partial charge in [-0.05, 0) is 41.3 Å². The summed E-state index contributed by atoms with van der Waals surface area (Å²) < 4.78 is 23.6. The highest BCUT2D eigenvalue weighted by Crippen LogP contribution is 2.36. The molecule has 2 aliphatic rings. The molecule has 25 heavy (non-hydrogen) atoms. The van der Waals surface area contributed by atoms with E-state index >= 15 is 0 Å². The van der Waals surface area contributed by atoms with Crippen LogP contribution in [0.25, 0.3) is 0 Å². The van der Waals surface area contributed by atoms with Crippen LogP contribution in [0.4, 0.5) is 0 Å². The molecule has 1 unspecified atom stereocenters. The number of nitrogens with zero attached hydrogens (tertiary/aromatic N) is 2. The predicted octanol–water partition coefficient (Wildman–Crippen LogP) is 1.69. The van der Waals surface area contributed by atoms with E-state index in [4.69, 9.17) is 16.7 Å². The number of sulfonamides is 1. The molecule has 1 aromatic rings. The van der Waals surface area contributed by atoms with Crippen LogP contribution in [0.15, 0.2) is 32.7 Å². The molecule has 0 aliphatic carbocycles. The molecule has 0 spiro atoms. The Morgan fingerprint density at radius 2 is 1.96 bits per heavy atom. The van der Waals surface area contributed by atoms with Crippen LogP contribution in [0.1, 0.15) is 24.8 Å². The number of aromatic amines is 1. The van der Waals surface area contributed by atoms with Crippen molar-refractivity contribution in [3.05, 3.63) is 43.8 Å². The van der Waals surface area contributed by atoms with Gasteiger partial charge in [0.1, 0.15) is 10.9 Å². The molecule has 0 aromatic carbocycles. The standard InChI is InChI=1S/C15H18BrClN4O3S/c16-11-6-15(25(18,23)24,10-7-19-8-12(17)13(10)22)9-20-14(11)21-4-2-1-3-5-21/h6-8H,1-5,9H2,(H,19,22)(H2,18,23,24). The first kappa shape index (κ1) is 18.6. The van der Waals surface area contributed by atoms with Crippen LogP contribution in [0.2, 0.25) is 5.02 Å². The quantitative estimate of drug-likeness (QED) is 0.716. The molecule has 1 aromatic heterocycles. The number of amidine groups is 1. The van der Waals surface area contributed by atoms with Crippen LogP contribution in [-0.4, -0.2) is 43.8 Å². The van der Waals surface area contributed by atoms with E-state index < -0.39 is 20.2 Å². The number of likely N-dealkylation sites (tertiary alicyclic amines) is 1. The number of aromatic nitrogens is 1. The van der Waals surface area contributed by atoms with Crippen molar-refractivity contribution in [2.24, 2.45) is 10.1 Å². The van der Waals surface area contributed by atoms with Gasteiger partial charge in [-0.25, -0.2) is 13.6 Å². The van der Waals surface area contributed by atoms with Gasteiger partial charge in [-0.1, -0.05) is 11.6 Å². The van der Waals surface area contributed by atoms with Gasteiger partial charge in [0, 0.05) is 31.0 Å². The van der Waals surface area contributed by atoms with Crippen LogP contribution in [0.3, 0.4) is 0 Å². The molecule has 136 valence electrons. The fourth-order valence-corrected chi connectivity index (χ4v) is 5.27. The lowest BCUT2D eigenvalue weighted by Crippen LogP contribution is -2.48. The molecule has 3 rings (SSSR count). The first-order chi connectivity index (χ1) is 11.8. The fraction of sp³-hybridized carbons (Fsp3) is 0.467. The molecule has 0 amide bonds. The summed E-state index contributed by atoms with van der Waals surface area (Å²) in [6.45, 7) is 1.56. The first-order valence-corrected chi connectivity index (χ1v) is 10.6. The minimum atomic E-state index is -4.18. The summed E-state index contributed by atoms with van der Waals surface area (Å²) >= 11 is 9.30. The van der Waals surface area contributed by atoms with Gasteiger partial charge in [0.25, 0.3) is 0 Å². The predicted molar refractivity (Wildman–Crippen MR) is 102 cm³/mol. The summed E-state index contributed by atoms with van der Waals surface area (Å²) in [7, 11) is -4.18. The number of halogens is 2. The van der Waals surface area contributed by atoms with Gasteiger partial charge < -0.3 is 9.88 Å². The van der Waals surface area contributed by atoms with Crippen LogP contribution in [0.5, 0.6) is 0 Å². The van der Waals surface area contributed by atoms with E-state index in [9.17, 15) is 13.2 Å². The zero-order valence-electron chi connectivity index (χ0n) is 13.3. The lowest BCUT2D eigenvalue weighted by Gasteiger charge is -2.35. The highest BCUT2D eigenvalue weighted by Gasteiger charge is 2.46. The summed E-state index contributed by atoms with van der Waals surface area (Å²) in [5.41, 5.74) is -0.622. The maximum absolute atomic E-state index is 12.4. The van der Waals surface area contributed by atoms with E-state index in [0.717, 1.165) is 25.9 Å². The van der Waals surface area contributed by atoms with E-state index in [0.29, 0.717) is 10.3 Å². The molecular weight excluding hydrogens is 432 g/mol. The average Bonchev–Trinajstić information content (AvgIpc) is 2.57. The third-order valence-corrected chi connectivity index (χ3v) is 6.90. The monoisotopic (exact) mass is 448 g/mol. The minimum absolute atomic E-state index is 0.0408. The second-order valence-corrected chi connectivity index (χ2v) is 9.24. The molecule has 3 N–H and O–H groups in total. The third kappa shape index (κ3) is 3.30. The normalized spacial score (nSPS) is 24.7. The van der Waals surface area contributed by atoms with Crippen molar-refractivity contribution < 1.29 is 8.42 Å². The van der Waals surface area contributed by atoms with Crippen molar-refractivity contribution in [2.45, 2.75) is 24.0 Å². The average molecular weight is 450 g/mol. The van der Waals surface area contributed by atoms with Gasteiger partial charge in [0.2, 0.25) is 15.5 Å². The summed E-state index contributed by atoms with van der Waals surface area (Å²) in [6.07, 6.45) is 7.37. The third-order valence-electron chi connectivity index (χ3n) is 4.56. The number of hydrogen-bond donors (Lipinski definition) is 2. The maximum Gasteiger partial charge on any atom is 0.224 e. The molecule has 1 saturated heterocycles. The number of hydrogen-bond acceptors (Lipinski definition) is 5. The van der Waals surface area contributed by atoms with Crippen molar-refractivity contribution in [3.63, 3.8) is 0 Å². The first-order valence-electron chi connectivity index (χ1n) is 7.84. The van der Waals surface area contributed by atoms with E-state index in [1.54, 1.807) is 0 Å². The largest absolute Gasteiger partial charge is 0.366 e. The number of H-pyrrole nitrogens is 1. The summed E-state index contributed by atoms with van der Waals surface area (Å²) in [5.74, 6) is 0.692. The van der Waals surface area contributed by atoms with E-state index in [-0.39, 0.29) is 17.1 Å². The molecular formula is C15H18BrClN4O3S. The lowest BCUT2D eigenvalue weighted by atomic mass is 9.96. The van der Waals surface area contributed by atoms with Crippen LogP contribution in [0, 0.1) is 0 Å². The summed E-state index contributed by atoms with van der Waals surface area (Å²) in [6, 6.07) is 0. The van der Waals surface area contributed by atoms with Crippen LogP contribution in [-0.2, 0) is 14.8 Å². The number of aliphatic imine (C=N–C) groups is 1. The van der Waals surface area contributed by atoms with Gasteiger partial charge in [0.15, 0.2) is 4.75 Å².